The molecule has 0 saturated heterocycles. The Morgan fingerprint density at radius 2 is 0.889 bits per heavy atom. The van der Waals surface area contributed by atoms with Crippen molar-refractivity contribution in [1.82, 2.24) is 0 Å². The number of hydrogen-bond acceptors (Lipinski definition) is 4. The van der Waals surface area contributed by atoms with Crippen LogP contribution >= 0.6 is 0 Å². The van der Waals surface area contributed by atoms with Crippen LogP contribution in [0.4, 0.5) is 11.4 Å². The molecule has 0 saturated carbocycles. The highest BCUT2D eigenvalue weighted by Crippen LogP contribution is 2.27. The lowest BCUT2D eigenvalue weighted by Gasteiger charge is -2.14. The maximum atomic E-state index is 12.6. The van der Waals surface area contributed by atoms with Crippen LogP contribution in [-0.4, -0.2) is 25.0 Å². The third-order valence-corrected chi connectivity index (χ3v) is 5.69. The van der Waals surface area contributed by atoms with E-state index < -0.39 is 0 Å². The largest absolute Gasteiger partial charge is 0.483 e. The number of ether oxygens (including phenoxy) is 2. The van der Waals surface area contributed by atoms with Crippen LogP contribution in [0.2, 0.25) is 0 Å². The Kier molecular flexibility index (Phi) is 6.76. The van der Waals surface area contributed by atoms with E-state index in [0.717, 1.165) is 21.5 Å². The number of anilines is 2. The summed E-state index contributed by atoms with van der Waals surface area (Å²) in [5, 5.41) is 9.57. The van der Waals surface area contributed by atoms with E-state index in [9.17, 15) is 9.59 Å². The number of carbonyl (C=O) groups is 2. The number of rotatable bonds is 8. The van der Waals surface area contributed by atoms with Crippen LogP contribution in [0.1, 0.15) is 0 Å². The van der Waals surface area contributed by atoms with E-state index >= 15 is 0 Å². The lowest BCUT2D eigenvalue weighted by atomic mass is 10.1. The van der Waals surface area contributed by atoms with Gasteiger partial charge in [0.2, 0.25) is 0 Å². The van der Waals surface area contributed by atoms with Gasteiger partial charge in [-0.3, -0.25) is 9.59 Å². The van der Waals surface area contributed by atoms with Crippen molar-refractivity contribution in [2.45, 2.75) is 0 Å². The first-order valence-corrected chi connectivity index (χ1v) is 11.6. The number of hydrogen-bond donors (Lipinski definition) is 2. The van der Waals surface area contributed by atoms with Crippen molar-refractivity contribution in [2.24, 2.45) is 0 Å². The summed E-state index contributed by atoms with van der Waals surface area (Å²) < 4.78 is 11.6. The van der Waals surface area contributed by atoms with Gasteiger partial charge < -0.3 is 20.1 Å². The zero-order valence-electron chi connectivity index (χ0n) is 19.4. The summed E-state index contributed by atoms with van der Waals surface area (Å²) in [6.45, 7) is -0.332. The minimum atomic E-state index is -0.336. The average molecular weight is 477 g/mol. The molecule has 178 valence electrons. The molecule has 0 spiro atoms. The average Bonchev–Trinajstić information content (AvgIpc) is 2.92. The fourth-order valence-corrected chi connectivity index (χ4v) is 4.00. The summed E-state index contributed by atoms with van der Waals surface area (Å²) in [5.74, 6) is 0.596. The van der Waals surface area contributed by atoms with E-state index in [1.54, 1.807) is 24.3 Å². The highest BCUT2D eigenvalue weighted by atomic mass is 16.5. The van der Waals surface area contributed by atoms with Gasteiger partial charge in [0.15, 0.2) is 13.2 Å². The third-order valence-electron chi connectivity index (χ3n) is 5.69. The van der Waals surface area contributed by atoms with Gasteiger partial charge in [-0.2, -0.15) is 0 Å². The van der Waals surface area contributed by atoms with Gasteiger partial charge in [0.1, 0.15) is 11.5 Å². The first kappa shape index (κ1) is 22.9. The Morgan fingerprint density at radius 3 is 1.36 bits per heavy atom. The van der Waals surface area contributed by atoms with Gasteiger partial charge in [-0.1, -0.05) is 84.9 Å². The van der Waals surface area contributed by atoms with E-state index in [1.807, 2.05) is 84.9 Å². The molecule has 0 atom stereocenters. The zero-order chi connectivity index (χ0) is 24.7. The van der Waals surface area contributed by atoms with Crippen molar-refractivity contribution in [3.63, 3.8) is 0 Å². The normalized spacial score (nSPS) is 10.7. The number of fused-ring (bicyclic) bond motifs is 2. The third kappa shape index (κ3) is 5.28. The maximum absolute atomic E-state index is 12.6. The zero-order valence-corrected chi connectivity index (χ0v) is 19.4. The number of nitrogens with one attached hydrogen (secondary N) is 2. The molecule has 2 N–H and O–H groups in total. The molecule has 36 heavy (non-hydrogen) atoms. The molecule has 0 aliphatic carbocycles. The van der Waals surface area contributed by atoms with Crippen LogP contribution in [0, 0.1) is 0 Å². The standard InChI is InChI=1S/C30H24N2O4/c33-29(19-35-27-17-7-11-21-9-1-3-13-23(21)27)31-25-15-5-6-16-26(25)32-30(34)20-36-28-18-8-12-22-10-2-4-14-24(22)28/h1-18H,19-20H2,(H,31,33)(H,32,34). The van der Waals surface area contributed by atoms with Crippen molar-refractivity contribution in [3.8, 4) is 11.5 Å². The van der Waals surface area contributed by atoms with Crippen LogP contribution in [-0.2, 0) is 9.59 Å². The maximum Gasteiger partial charge on any atom is 0.262 e. The molecule has 0 bridgehead atoms. The Hall–Kier alpha value is -4.84. The van der Waals surface area contributed by atoms with E-state index in [4.69, 9.17) is 9.47 Å². The first-order chi connectivity index (χ1) is 17.7. The summed E-state index contributed by atoms with van der Waals surface area (Å²) in [7, 11) is 0. The minimum absolute atomic E-state index is 0.166. The predicted octanol–water partition coefficient (Wildman–Crippen LogP) is 6.03. The minimum Gasteiger partial charge on any atom is -0.483 e. The van der Waals surface area contributed by atoms with E-state index in [2.05, 4.69) is 10.6 Å². The molecule has 2 amide bonds. The Bertz CT molecular complexity index is 1420. The van der Waals surface area contributed by atoms with Crippen LogP contribution < -0.4 is 20.1 Å². The lowest BCUT2D eigenvalue weighted by Crippen LogP contribution is -2.23. The van der Waals surface area contributed by atoms with E-state index in [1.165, 1.54) is 0 Å². The van der Waals surface area contributed by atoms with Gasteiger partial charge >= 0.3 is 0 Å². The van der Waals surface area contributed by atoms with Crippen molar-refractivity contribution >= 4 is 44.7 Å². The van der Waals surface area contributed by atoms with Crippen LogP contribution in [0.15, 0.2) is 109 Å². The molecule has 6 nitrogen and oxygen atoms in total. The van der Waals surface area contributed by atoms with Crippen LogP contribution in [0.5, 0.6) is 11.5 Å². The molecule has 0 heterocycles. The topological polar surface area (TPSA) is 76.7 Å². The summed E-state index contributed by atoms with van der Waals surface area (Å²) in [6.07, 6.45) is 0. The van der Waals surface area contributed by atoms with Crippen molar-refractivity contribution < 1.29 is 19.1 Å². The fraction of sp³-hybridized carbons (Fsp3) is 0.0667. The highest BCUT2D eigenvalue weighted by molar-refractivity contribution is 6.00. The number of benzene rings is 5. The van der Waals surface area contributed by atoms with Crippen LogP contribution in [0.25, 0.3) is 21.5 Å². The van der Waals surface area contributed by atoms with E-state index in [0.29, 0.717) is 22.9 Å². The number of amides is 2. The molecule has 0 aliphatic rings. The Morgan fingerprint density at radius 1 is 0.500 bits per heavy atom. The number of para-hydroxylation sites is 2. The fourth-order valence-electron chi connectivity index (χ4n) is 4.00. The van der Waals surface area contributed by atoms with Gasteiger partial charge in [-0.15, -0.1) is 0 Å². The molecule has 5 rings (SSSR count). The van der Waals surface area contributed by atoms with Crippen LogP contribution in [0.3, 0.4) is 0 Å². The second kappa shape index (κ2) is 10.6. The van der Waals surface area contributed by atoms with Gasteiger partial charge in [0.05, 0.1) is 11.4 Å². The smallest absolute Gasteiger partial charge is 0.262 e. The van der Waals surface area contributed by atoms with Gasteiger partial charge in [0.25, 0.3) is 11.8 Å². The second-order valence-electron chi connectivity index (χ2n) is 8.17. The molecule has 0 unspecified atom stereocenters. The molecular weight excluding hydrogens is 452 g/mol. The summed E-state index contributed by atoms with van der Waals surface area (Å²) in [4.78, 5) is 25.2. The summed E-state index contributed by atoms with van der Waals surface area (Å²) in [5.41, 5.74) is 0.949. The SMILES string of the molecule is O=C(COc1cccc2ccccc12)Nc1ccccc1NC(=O)COc1cccc2ccccc12. The van der Waals surface area contributed by atoms with Crippen molar-refractivity contribution in [1.29, 1.82) is 0 Å². The molecule has 5 aromatic carbocycles. The molecule has 0 aromatic heterocycles. The lowest BCUT2D eigenvalue weighted by molar-refractivity contribution is -0.119. The predicted molar refractivity (Wildman–Crippen MR) is 143 cm³/mol. The summed E-state index contributed by atoms with van der Waals surface area (Å²) in [6, 6.07) is 34.1. The molecule has 0 fully saturated rings. The number of carbonyl (C=O) groups excluding carboxylic acids is 2. The molecule has 0 aliphatic heterocycles. The molecule has 0 radical (unpaired) electrons. The van der Waals surface area contributed by atoms with Gasteiger partial charge in [-0.05, 0) is 35.0 Å². The highest BCUT2D eigenvalue weighted by Gasteiger charge is 2.12. The second-order valence-corrected chi connectivity index (χ2v) is 8.17. The molecule has 5 aromatic rings. The van der Waals surface area contributed by atoms with Crippen molar-refractivity contribution in [2.75, 3.05) is 23.8 Å². The summed E-state index contributed by atoms with van der Waals surface area (Å²) >= 11 is 0. The quantitative estimate of drug-likeness (QED) is 0.287. The Balaban J connectivity index is 1.20. The molecule has 6 heteroatoms. The van der Waals surface area contributed by atoms with E-state index in [-0.39, 0.29) is 25.0 Å². The van der Waals surface area contributed by atoms with Gasteiger partial charge in [-0.25, -0.2) is 0 Å². The Labute approximate surface area is 208 Å². The van der Waals surface area contributed by atoms with Crippen molar-refractivity contribution in [3.05, 3.63) is 109 Å². The first-order valence-electron chi connectivity index (χ1n) is 11.6. The molecular formula is C30H24N2O4. The van der Waals surface area contributed by atoms with Gasteiger partial charge in [0, 0.05) is 10.8 Å². The monoisotopic (exact) mass is 476 g/mol.